The van der Waals surface area contributed by atoms with Gasteiger partial charge >= 0.3 is 0 Å². The van der Waals surface area contributed by atoms with Gasteiger partial charge in [-0.2, -0.15) is 0 Å². The minimum absolute atomic E-state index is 0.0970. The van der Waals surface area contributed by atoms with Crippen molar-refractivity contribution in [2.24, 2.45) is 0 Å². The highest BCUT2D eigenvalue weighted by Crippen LogP contribution is 2.24. The second-order valence-electron chi connectivity index (χ2n) is 7.23. The summed E-state index contributed by atoms with van der Waals surface area (Å²) in [4.78, 5) is 10.6. The van der Waals surface area contributed by atoms with Crippen LogP contribution in [-0.2, 0) is 35.9 Å². The molecular formula is C20H20Cl2N4O2S. The van der Waals surface area contributed by atoms with E-state index in [-0.39, 0.29) is 5.16 Å². The highest BCUT2D eigenvalue weighted by molar-refractivity contribution is 7.90. The van der Waals surface area contributed by atoms with Gasteiger partial charge in [-0.05, 0) is 29.8 Å². The molecule has 1 aliphatic heterocycles. The summed E-state index contributed by atoms with van der Waals surface area (Å²) in [5.41, 5.74) is 4.07. The average molecular weight is 451 g/mol. The molecule has 6 nitrogen and oxygen atoms in total. The predicted octanol–water partition coefficient (Wildman–Crippen LogP) is 3.60. The summed E-state index contributed by atoms with van der Waals surface area (Å²) in [5.74, 6) is 0. The number of nitrogens with zero attached hydrogens (tertiary/aromatic N) is 4. The van der Waals surface area contributed by atoms with Gasteiger partial charge in [0.15, 0.2) is 0 Å². The maximum atomic E-state index is 11.7. The van der Waals surface area contributed by atoms with Gasteiger partial charge in [0.25, 0.3) is 0 Å². The largest absolute Gasteiger partial charge is 0.346 e. The van der Waals surface area contributed by atoms with Crippen molar-refractivity contribution >= 4 is 33.0 Å². The van der Waals surface area contributed by atoms with Crippen molar-refractivity contribution in [2.45, 2.75) is 31.2 Å². The molecule has 0 amide bonds. The molecule has 29 heavy (non-hydrogen) atoms. The number of benzene rings is 1. The molecule has 1 aliphatic rings. The first kappa shape index (κ1) is 20.3. The number of hydrogen-bond donors (Lipinski definition) is 0. The molecule has 3 heterocycles. The molecule has 0 radical (unpaired) electrons. The lowest BCUT2D eigenvalue weighted by Crippen LogP contribution is -2.32. The van der Waals surface area contributed by atoms with Crippen LogP contribution in [0.1, 0.15) is 22.5 Å². The van der Waals surface area contributed by atoms with Crippen molar-refractivity contribution in [1.29, 1.82) is 0 Å². The van der Waals surface area contributed by atoms with Crippen molar-refractivity contribution in [3.05, 3.63) is 75.3 Å². The Bertz CT molecular complexity index is 1160. The molecule has 0 saturated carbocycles. The average Bonchev–Trinajstić information content (AvgIpc) is 3.10. The van der Waals surface area contributed by atoms with E-state index in [1.54, 1.807) is 6.20 Å². The fourth-order valence-corrected chi connectivity index (χ4v) is 4.32. The van der Waals surface area contributed by atoms with Crippen LogP contribution in [0.25, 0.3) is 0 Å². The number of fused-ring (bicyclic) bond motifs is 1. The minimum atomic E-state index is -3.39. The summed E-state index contributed by atoms with van der Waals surface area (Å²) in [5, 5.41) is 1.01. The fourth-order valence-electron chi connectivity index (χ4n) is 3.48. The van der Waals surface area contributed by atoms with Crippen LogP contribution >= 0.6 is 23.2 Å². The highest BCUT2D eigenvalue weighted by Gasteiger charge is 2.21. The summed E-state index contributed by atoms with van der Waals surface area (Å²) in [6.07, 6.45) is 5.52. The lowest BCUT2D eigenvalue weighted by Gasteiger charge is -2.28. The van der Waals surface area contributed by atoms with Gasteiger partial charge in [-0.25, -0.2) is 18.4 Å². The molecule has 0 atom stereocenters. The Morgan fingerprint density at radius 2 is 1.97 bits per heavy atom. The van der Waals surface area contributed by atoms with Crippen LogP contribution in [0.5, 0.6) is 0 Å². The zero-order valence-corrected chi connectivity index (χ0v) is 18.2. The van der Waals surface area contributed by atoms with Gasteiger partial charge in [-0.15, -0.1) is 0 Å². The third-order valence-corrected chi connectivity index (χ3v) is 6.57. The highest BCUT2D eigenvalue weighted by atomic mass is 35.5. The van der Waals surface area contributed by atoms with Crippen LogP contribution < -0.4 is 0 Å². The third-order valence-electron chi connectivity index (χ3n) is 4.97. The Morgan fingerprint density at radius 1 is 1.14 bits per heavy atom. The van der Waals surface area contributed by atoms with E-state index in [9.17, 15) is 8.42 Å². The lowest BCUT2D eigenvalue weighted by atomic mass is 10.1. The molecule has 0 unspecified atom stereocenters. The first-order valence-corrected chi connectivity index (χ1v) is 11.8. The van der Waals surface area contributed by atoms with Crippen molar-refractivity contribution in [2.75, 3.05) is 12.8 Å². The molecule has 0 aliphatic carbocycles. The molecule has 4 rings (SSSR count). The fraction of sp³-hybridized carbons (Fsp3) is 0.300. The van der Waals surface area contributed by atoms with Gasteiger partial charge in [0, 0.05) is 62.5 Å². The maximum Gasteiger partial charge on any atom is 0.246 e. The van der Waals surface area contributed by atoms with Crippen LogP contribution in [0.3, 0.4) is 0 Å². The Labute approximate surface area is 180 Å². The molecule has 0 saturated heterocycles. The first-order chi connectivity index (χ1) is 13.8. The normalized spacial score (nSPS) is 14.7. The van der Waals surface area contributed by atoms with E-state index in [2.05, 4.69) is 31.7 Å². The van der Waals surface area contributed by atoms with E-state index < -0.39 is 9.84 Å². The number of hydrogen-bond acceptors (Lipinski definition) is 5. The summed E-state index contributed by atoms with van der Waals surface area (Å²) >= 11 is 12.1. The first-order valence-electron chi connectivity index (χ1n) is 9.15. The van der Waals surface area contributed by atoms with E-state index in [0.717, 1.165) is 36.2 Å². The molecule has 3 aromatic rings. The lowest BCUT2D eigenvalue weighted by molar-refractivity contribution is 0.236. The SMILES string of the molecule is CS(=O)(=O)c1ncc2c(n1)CCN(Cc1cccn1Cc1ccc(Cl)c(Cl)c1)C2. The topological polar surface area (TPSA) is 68.1 Å². The van der Waals surface area contributed by atoms with E-state index in [4.69, 9.17) is 23.2 Å². The monoisotopic (exact) mass is 450 g/mol. The standard InChI is InChI=1S/C20H20Cl2N4O2S/c1-29(27,28)20-23-10-15-12-25(8-6-19(15)24-20)13-16-3-2-7-26(16)11-14-4-5-17(21)18(22)9-14/h2-5,7,9-10H,6,8,11-13H2,1H3. The quantitative estimate of drug-likeness (QED) is 0.555. The Balaban J connectivity index is 1.47. The molecule has 0 N–H and O–H groups in total. The molecule has 2 aromatic heterocycles. The Morgan fingerprint density at radius 3 is 2.72 bits per heavy atom. The zero-order chi connectivity index (χ0) is 20.6. The Kier molecular flexibility index (Phi) is 5.66. The molecule has 0 bridgehead atoms. The Hall–Kier alpha value is -1.93. The van der Waals surface area contributed by atoms with Crippen molar-refractivity contribution in [3.8, 4) is 0 Å². The smallest absolute Gasteiger partial charge is 0.246 e. The van der Waals surface area contributed by atoms with E-state index in [1.165, 1.54) is 5.69 Å². The van der Waals surface area contributed by atoms with Gasteiger partial charge in [-0.3, -0.25) is 4.90 Å². The van der Waals surface area contributed by atoms with Gasteiger partial charge < -0.3 is 4.57 Å². The number of aromatic nitrogens is 3. The van der Waals surface area contributed by atoms with Gasteiger partial charge in [-0.1, -0.05) is 29.3 Å². The molecule has 0 fully saturated rings. The van der Waals surface area contributed by atoms with Gasteiger partial charge in [0.2, 0.25) is 15.0 Å². The van der Waals surface area contributed by atoms with E-state index in [1.807, 2.05) is 24.3 Å². The van der Waals surface area contributed by atoms with Crippen LogP contribution in [0.15, 0.2) is 47.9 Å². The third kappa shape index (κ3) is 4.64. The predicted molar refractivity (Wildman–Crippen MR) is 113 cm³/mol. The minimum Gasteiger partial charge on any atom is -0.346 e. The maximum absolute atomic E-state index is 11.7. The molecular weight excluding hydrogens is 431 g/mol. The van der Waals surface area contributed by atoms with Crippen LogP contribution in [0.4, 0.5) is 0 Å². The molecule has 0 spiro atoms. The van der Waals surface area contributed by atoms with Crippen molar-refractivity contribution in [3.63, 3.8) is 0 Å². The van der Waals surface area contributed by atoms with Gasteiger partial charge in [0.05, 0.1) is 15.7 Å². The zero-order valence-electron chi connectivity index (χ0n) is 15.8. The molecule has 1 aromatic carbocycles. The van der Waals surface area contributed by atoms with Crippen molar-refractivity contribution < 1.29 is 8.42 Å². The summed E-state index contributed by atoms with van der Waals surface area (Å²) in [6.45, 7) is 2.99. The number of rotatable bonds is 5. The van der Waals surface area contributed by atoms with Gasteiger partial charge in [0.1, 0.15) is 0 Å². The van der Waals surface area contributed by atoms with E-state index in [0.29, 0.717) is 29.6 Å². The molecule has 152 valence electrons. The van der Waals surface area contributed by atoms with Crippen LogP contribution in [0.2, 0.25) is 10.0 Å². The summed E-state index contributed by atoms with van der Waals surface area (Å²) < 4.78 is 25.5. The summed E-state index contributed by atoms with van der Waals surface area (Å²) in [7, 11) is -3.39. The van der Waals surface area contributed by atoms with E-state index >= 15 is 0 Å². The molecule has 9 heteroatoms. The number of halogens is 2. The second kappa shape index (κ2) is 8.07. The van der Waals surface area contributed by atoms with Crippen LogP contribution in [0, 0.1) is 0 Å². The summed E-state index contributed by atoms with van der Waals surface area (Å²) in [6, 6.07) is 9.82. The van der Waals surface area contributed by atoms with Crippen molar-refractivity contribution in [1.82, 2.24) is 19.4 Å². The second-order valence-corrected chi connectivity index (χ2v) is 9.96. The number of sulfone groups is 1. The van der Waals surface area contributed by atoms with Crippen LogP contribution in [-0.4, -0.2) is 40.7 Å².